The lowest BCUT2D eigenvalue weighted by Crippen LogP contribution is -2.01. The summed E-state index contributed by atoms with van der Waals surface area (Å²) in [4.78, 5) is 11.1. The second-order valence-corrected chi connectivity index (χ2v) is 7.36. The van der Waals surface area contributed by atoms with Crippen LogP contribution in [0.4, 0.5) is 0 Å². The van der Waals surface area contributed by atoms with Gasteiger partial charge in [0.25, 0.3) is 0 Å². The van der Waals surface area contributed by atoms with Crippen molar-refractivity contribution in [3.63, 3.8) is 0 Å². The van der Waals surface area contributed by atoms with Gasteiger partial charge in [-0.05, 0) is 48.7 Å². The number of benzene rings is 2. The molecule has 2 aromatic rings. The molecule has 0 fully saturated rings. The summed E-state index contributed by atoms with van der Waals surface area (Å²) in [6, 6.07) is 12.8. The third-order valence-corrected chi connectivity index (χ3v) is 4.92. The van der Waals surface area contributed by atoms with Crippen molar-refractivity contribution in [1.29, 1.82) is 0 Å². The van der Waals surface area contributed by atoms with Crippen LogP contribution in [0.1, 0.15) is 75.6 Å². The Morgan fingerprint density at radius 3 is 2.00 bits per heavy atom. The van der Waals surface area contributed by atoms with E-state index in [1.54, 1.807) is 12.1 Å². The SMILES string of the molecule is CCCCCCOc1ccc(OCCCCCC)c(-c2ccc(C(=O)O)cc2)c1. The minimum absolute atomic E-state index is 0.277. The number of unbranched alkanes of at least 4 members (excludes halogenated alkanes) is 6. The molecule has 0 atom stereocenters. The monoisotopic (exact) mass is 398 g/mol. The molecule has 2 rings (SSSR count). The number of carboxylic acids is 1. The number of carboxylic acid groups (broad SMARTS) is 1. The maximum Gasteiger partial charge on any atom is 0.335 e. The molecule has 4 heteroatoms. The summed E-state index contributed by atoms with van der Waals surface area (Å²) in [5.74, 6) is 0.702. The molecular weight excluding hydrogens is 364 g/mol. The molecule has 2 aromatic carbocycles. The number of hydrogen-bond donors (Lipinski definition) is 1. The van der Waals surface area contributed by atoms with Crippen LogP contribution in [0, 0.1) is 0 Å². The molecular formula is C25H34O4. The van der Waals surface area contributed by atoms with Crippen LogP contribution in [0.25, 0.3) is 11.1 Å². The molecule has 0 amide bonds. The molecule has 0 spiro atoms. The molecule has 0 unspecified atom stereocenters. The molecule has 4 nitrogen and oxygen atoms in total. The highest BCUT2D eigenvalue weighted by Gasteiger charge is 2.11. The van der Waals surface area contributed by atoms with E-state index in [0.29, 0.717) is 13.2 Å². The van der Waals surface area contributed by atoms with E-state index in [4.69, 9.17) is 14.6 Å². The van der Waals surface area contributed by atoms with Gasteiger partial charge in [-0.1, -0.05) is 64.5 Å². The highest BCUT2D eigenvalue weighted by atomic mass is 16.5. The van der Waals surface area contributed by atoms with Crippen molar-refractivity contribution in [2.45, 2.75) is 65.2 Å². The first kappa shape index (κ1) is 22.8. The Labute approximate surface area is 174 Å². The molecule has 0 aliphatic rings. The summed E-state index contributed by atoms with van der Waals surface area (Å²) in [6.07, 6.45) is 9.28. The summed E-state index contributed by atoms with van der Waals surface area (Å²) < 4.78 is 12.0. The first-order valence-electron chi connectivity index (χ1n) is 10.9. The minimum Gasteiger partial charge on any atom is -0.494 e. The highest BCUT2D eigenvalue weighted by Crippen LogP contribution is 2.34. The molecule has 0 aromatic heterocycles. The zero-order valence-corrected chi connectivity index (χ0v) is 17.8. The van der Waals surface area contributed by atoms with Crippen LogP contribution in [0.3, 0.4) is 0 Å². The fourth-order valence-electron chi connectivity index (χ4n) is 3.17. The van der Waals surface area contributed by atoms with E-state index in [1.165, 1.54) is 32.1 Å². The van der Waals surface area contributed by atoms with E-state index in [9.17, 15) is 4.79 Å². The lowest BCUT2D eigenvalue weighted by atomic mass is 10.0. The lowest BCUT2D eigenvalue weighted by molar-refractivity contribution is 0.0697. The van der Waals surface area contributed by atoms with Crippen LogP contribution in [-0.2, 0) is 0 Å². The van der Waals surface area contributed by atoms with Gasteiger partial charge in [0.2, 0.25) is 0 Å². The Balaban J connectivity index is 2.12. The second-order valence-electron chi connectivity index (χ2n) is 7.36. The normalized spacial score (nSPS) is 10.7. The highest BCUT2D eigenvalue weighted by molar-refractivity contribution is 5.88. The first-order chi connectivity index (χ1) is 14.2. The van der Waals surface area contributed by atoms with Gasteiger partial charge in [0.1, 0.15) is 11.5 Å². The van der Waals surface area contributed by atoms with Crippen LogP contribution in [0.5, 0.6) is 11.5 Å². The Hall–Kier alpha value is -2.49. The van der Waals surface area contributed by atoms with Crippen molar-refractivity contribution in [2.75, 3.05) is 13.2 Å². The molecule has 1 N–H and O–H groups in total. The van der Waals surface area contributed by atoms with Crippen LogP contribution >= 0.6 is 0 Å². The van der Waals surface area contributed by atoms with E-state index in [2.05, 4.69) is 13.8 Å². The lowest BCUT2D eigenvalue weighted by Gasteiger charge is -2.14. The fraction of sp³-hybridized carbons (Fsp3) is 0.480. The van der Waals surface area contributed by atoms with Crippen LogP contribution < -0.4 is 9.47 Å². The maximum absolute atomic E-state index is 11.1. The Kier molecular flexibility index (Phi) is 10.1. The Bertz CT molecular complexity index is 737. The summed E-state index contributed by atoms with van der Waals surface area (Å²) >= 11 is 0. The summed E-state index contributed by atoms with van der Waals surface area (Å²) in [6.45, 7) is 5.77. The van der Waals surface area contributed by atoms with Gasteiger partial charge in [-0.25, -0.2) is 4.79 Å². The van der Waals surface area contributed by atoms with E-state index in [0.717, 1.165) is 41.9 Å². The zero-order valence-electron chi connectivity index (χ0n) is 17.8. The van der Waals surface area contributed by atoms with E-state index < -0.39 is 5.97 Å². The van der Waals surface area contributed by atoms with Crippen molar-refractivity contribution in [1.82, 2.24) is 0 Å². The topological polar surface area (TPSA) is 55.8 Å². The van der Waals surface area contributed by atoms with Gasteiger partial charge in [0, 0.05) is 5.56 Å². The Morgan fingerprint density at radius 2 is 1.41 bits per heavy atom. The largest absolute Gasteiger partial charge is 0.494 e. The smallest absolute Gasteiger partial charge is 0.335 e. The summed E-state index contributed by atoms with van der Waals surface area (Å²) in [5, 5.41) is 9.15. The average molecular weight is 399 g/mol. The minimum atomic E-state index is -0.923. The van der Waals surface area contributed by atoms with E-state index in [-0.39, 0.29) is 5.56 Å². The molecule has 0 aliphatic heterocycles. The first-order valence-corrected chi connectivity index (χ1v) is 10.9. The average Bonchev–Trinajstić information content (AvgIpc) is 2.74. The van der Waals surface area contributed by atoms with Gasteiger partial charge >= 0.3 is 5.97 Å². The van der Waals surface area contributed by atoms with Crippen molar-refractivity contribution >= 4 is 5.97 Å². The van der Waals surface area contributed by atoms with E-state index >= 15 is 0 Å². The van der Waals surface area contributed by atoms with Crippen LogP contribution in [-0.4, -0.2) is 24.3 Å². The number of hydrogen-bond acceptors (Lipinski definition) is 3. The standard InChI is InChI=1S/C25H34O4/c1-3-5-7-9-17-28-22-15-16-24(29-18-10-8-6-4-2)23(19-22)20-11-13-21(14-12-20)25(26)27/h11-16,19H,3-10,17-18H2,1-2H3,(H,26,27). The van der Waals surface area contributed by atoms with Gasteiger partial charge in [-0.3, -0.25) is 0 Å². The number of carbonyl (C=O) groups is 1. The predicted molar refractivity (Wildman–Crippen MR) is 118 cm³/mol. The van der Waals surface area contributed by atoms with Crippen LogP contribution in [0.15, 0.2) is 42.5 Å². The molecule has 0 saturated heterocycles. The molecule has 158 valence electrons. The van der Waals surface area contributed by atoms with Crippen LogP contribution in [0.2, 0.25) is 0 Å². The maximum atomic E-state index is 11.1. The molecule has 0 heterocycles. The quantitative estimate of drug-likeness (QED) is 0.349. The van der Waals surface area contributed by atoms with Gasteiger partial charge in [0.05, 0.1) is 18.8 Å². The third-order valence-electron chi connectivity index (χ3n) is 4.92. The van der Waals surface area contributed by atoms with Crippen molar-refractivity contribution in [2.24, 2.45) is 0 Å². The van der Waals surface area contributed by atoms with E-state index in [1.807, 2.05) is 30.3 Å². The molecule has 0 saturated carbocycles. The van der Waals surface area contributed by atoms with Crippen molar-refractivity contribution in [3.05, 3.63) is 48.0 Å². The number of ether oxygens (including phenoxy) is 2. The number of rotatable bonds is 14. The summed E-state index contributed by atoms with van der Waals surface area (Å²) in [5.41, 5.74) is 2.14. The molecule has 29 heavy (non-hydrogen) atoms. The van der Waals surface area contributed by atoms with Gasteiger partial charge < -0.3 is 14.6 Å². The second kappa shape index (κ2) is 12.9. The zero-order chi connectivity index (χ0) is 20.9. The fourth-order valence-corrected chi connectivity index (χ4v) is 3.17. The molecule has 0 radical (unpaired) electrons. The van der Waals surface area contributed by atoms with Gasteiger partial charge in [-0.2, -0.15) is 0 Å². The molecule has 0 aliphatic carbocycles. The van der Waals surface area contributed by atoms with Crippen molar-refractivity contribution < 1.29 is 19.4 Å². The van der Waals surface area contributed by atoms with Gasteiger partial charge in [0.15, 0.2) is 0 Å². The predicted octanol–water partition coefficient (Wildman–Crippen LogP) is 6.97. The summed E-state index contributed by atoms with van der Waals surface area (Å²) in [7, 11) is 0. The number of aromatic carboxylic acids is 1. The third kappa shape index (κ3) is 7.80. The Morgan fingerprint density at radius 1 is 0.793 bits per heavy atom. The van der Waals surface area contributed by atoms with Gasteiger partial charge in [-0.15, -0.1) is 0 Å². The van der Waals surface area contributed by atoms with Crippen molar-refractivity contribution in [3.8, 4) is 22.6 Å². The molecule has 0 bridgehead atoms.